The number of nitrogens with zero attached hydrogens (tertiary/aromatic N) is 2. The van der Waals surface area contributed by atoms with Crippen molar-refractivity contribution in [1.29, 1.82) is 0 Å². The van der Waals surface area contributed by atoms with Gasteiger partial charge in [0.1, 0.15) is 6.54 Å². The van der Waals surface area contributed by atoms with Crippen LogP contribution in [0.5, 0.6) is 11.5 Å². The van der Waals surface area contributed by atoms with Crippen LogP contribution in [-0.4, -0.2) is 29.9 Å². The molecule has 0 saturated carbocycles. The third-order valence-electron chi connectivity index (χ3n) is 4.17. The van der Waals surface area contributed by atoms with E-state index in [1.807, 2.05) is 36.4 Å². The van der Waals surface area contributed by atoms with Crippen LogP contribution in [0.25, 0.3) is 11.3 Å². The zero-order chi connectivity index (χ0) is 19.9. The standard InChI is InChI=1S/C21H21N3O4/c1-27-18-10-8-15(12-19(18)28-2)13-22-20(25)14-24-21(26)11-9-17(23-24)16-6-4-3-5-7-16/h3-12H,13-14H2,1-2H3,(H,22,25). The van der Waals surface area contributed by atoms with Gasteiger partial charge in [0, 0.05) is 18.2 Å². The molecule has 0 aliphatic rings. The first-order valence-electron chi connectivity index (χ1n) is 8.72. The lowest BCUT2D eigenvalue weighted by Crippen LogP contribution is -2.33. The summed E-state index contributed by atoms with van der Waals surface area (Å²) in [6.45, 7) is 0.138. The Morgan fingerprint density at radius 3 is 2.46 bits per heavy atom. The second-order valence-corrected chi connectivity index (χ2v) is 6.05. The molecule has 28 heavy (non-hydrogen) atoms. The van der Waals surface area contributed by atoms with E-state index in [1.165, 1.54) is 6.07 Å². The zero-order valence-corrected chi connectivity index (χ0v) is 15.7. The van der Waals surface area contributed by atoms with Crippen LogP contribution in [0.3, 0.4) is 0 Å². The van der Waals surface area contributed by atoms with Gasteiger partial charge in [-0.15, -0.1) is 0 Å². The molecule has 3 aromatic rings. The minimum atomic E-state index is -0.332. The second-order valence-electron chi connectivity index (χ2n) is 6.05. The van der Waals surface area contributed by atoms with Gasteiger partial charge in [0.05, 0.1) is 19.9 Å². The summed E-state index contributed by atoms with van der Waals surface area (Å²) < 4.78 is 11.6. The molecule has 0 spiro atoms. The Balaban J connectivity index is 1.67. The molecule has 0 aliphatic carbocycles. The number of carbonyl (C=O) groups excluding carboxylic acids is 1. The summed E-state index contributed by atoms with van der Waals surface area (Å²) >= 11 is 0. The summed E-state index contributed by atoms with van der Waals surface area (Å²) in [5, 5.41) is 7.08. The molecule has 0 atom stereocenters. The molecule has 0 aliphatic heterocycles. The quantitative estimate of drug-likeness (QED) is 0.681. The number of amides is 1. The van der Waals surface area contributed by atoms with Gasteiger partial charge in [-0.25, -0.2) is 4.68 Å². The monoisotopic (exact) mass is 379 g/mol. The molecule has 0 unspecified atom stereocenters. The normalized spacial score (nSPS) is 10.4. The van der Waals surface area contributed by atoms with E-state index in [2.05, 4.69) is 10.4 Å². The van der Waals surface area contributed by atoms with Crippen molar-refractivity contribution in [2.75, 3.05) is 14.2 Å². The van der Waals surface area contributed by atoms with Gasteiger partial charge >= 0.3 is 0 Å². The SMILES string of the molecule is COc1ccc(CNC(=O)Cn2nc(-c3ccccc3)ccc2=O)cc1OC. The van der Waals surface area contributed by atoms with Crippen LogP contribution in [-0.2, 0) is 17.9 Å². The molecule has 0 bridgehead atoms. The molecule has 0 saturated heterocycles. The minimum absolute atomic E-state index is 0.160. The highest BCUT2D eigenvalue weighted by molar-refractivity contribution is 5.75. The highest BCUT2D eigenvalue weighted by Crippen LogP contribution is 2.27. The Bertz CT molecular complexity index is 1020. The lowest BCUT2D eigenvalue weighted by atomic mass is 10.1. The molecule has 2 aromatic carbocycles. The van der Waals surface area contributed by atoms with Crippen LogP contribution in [0, 0.1) is 0 Å². The van der Waals surface area contributed by atoms with Gasteiger partial charge < -0.3 is 14.8 Å². The van der Waals surface area contributed by atoms with Gasteiger partial charge in [0.15, 0.2) is 11.5 Å². The lowest BCUT2D eigenvalue weighted by molar-refractivity contribution is -0.122. The molecule has 0 radical (unpaired) electrons. The Hall–Kier alpha value is -3.61. The molecule has 1 aromatic heterocycles. The molecule has 3 rings (SSSR count). The van der Waals surface area contributed by atoms with E-state index in [1.54, 1.807) is 32.4 Å². The fourth-order valence-electron chi connectivity index (χ4n) is 2.71. The van der Waals surface area contributed by atoms with Gasteiger partial charge in [0.25, 0.3) is 5.56 Å². The first-order chi connectivity index (χ1) is 13.6. The number of aromatic nitrogens is 2. The molecule has 7 nitrogen and oxygen atoms in total. The van der Waals surface area contributed by atoms with Crippen molar-refractivity contribution in [2.45, 2.75) is 13.1 Å². The molecule has 1 amide bonds. The van der Waals surface area contributed by atoms with Gasteiger partial charge in [-0.1, -0.05) is 36.4 Å². The number of methoxy groups -OCH3 is 2. The lowest BCUT2D eigenvalue weighted by Gasteiger charge is -2.11. The van der Waals surface area contributed by atoms with E-state index in [0.717, 1.165) is 15.8 Å². The molecular formula is C21H21N3O4. The van der Waals surface area contributed by atoms with Gasteiger partial charge in [0.2, 0.25) is 5.91 Å². The van der Waals surface area contributed by atoms with E-state index in [-0.39, 0.29) is 18.0 Å². The maximum Gasteiger partial charge on any atom is 0.267 e. The van der Waals surface area contributed by atoms with Crippen molar-refractivity contribution in [2.24, 2.45) is 0 Å². The van der Waals surface area contributed by atoms with Crippen LogP contribution in [0.15, 0.2) is 65.5 Å². The Labute approximate surface area is 162 Å². The first-order valence-corrected chi connectivity index (χ1v) is 8.72. The van der Waals surface area contributed by atoms with E-state index in [0.29, 0.717) is 23.7 Å². The fourth-order valence-corrected chi connectivity index (χ4v) is 2.71. The van der Waals surface area contributed by atoms with Crippen LogP contribution < -0.4 is 20.3 Å². The van der Waals surface area contributed by atoms with Gasteiger partial charge in [-0.3, -0.25) is 9.59 Å². The predicted molar refractivity (Wildman–Crippen MR) is 105 cm³/mol. The second kappa shape index (κ2) is 8.85. The summed E-state index contributed by atoms with van der Waals surface area (Å²) in [5.41, 5.74) is 2.03. The van der Waals surface area contributed by atoms with E-state index < -0.39 is 0 Å². The summed E-state index contributed by atoms with van der Waals surface area (Å²) in [4.78, 5) is 24.4. The molecule has 144 valence electrons. The van der Waals surface area contributed by atoms with Crippen molar-refractivity contribution in [3.05, 3.63) is 76.6 Å². The zero-order valence-electron chi connectivity index (χ0n) is 15.7. The highest BCUT2D eigenvalue weighted by Gasteiger charge is 2.09. The number of rotatable bonds is 7. The van der Waals surface area contributed by atoms with Gasteiger partial charge in [-0.2, -0.15) is 5.10 Å². The van der Waals surface area contributed by atoms with Crippen molar-refractivity contribution < 1.29 is 14.3 Å². The molecular weight excluding hydrogens is 358 g/mol. The van der Waals surface area contributed by atoms with Crippen molar-refractivity contribution in [3.63, 3.8) is 0 Å². The molecule has 7 heteroatoms. The summed E-state index contributed by atoms with van der Waals surface area (Å²) in [7, 11) is 3.12. The largest absolute Gasteiger partial charge is 0.493 e. The third kappa shape index (κ3) is 4.56. The Morgan fingerprint density at radius 1 is 1.00 bits per heavy atom. The highest BCUT2D eigenvalue weighted by atomic mass is 16.5. The average molecular weight is 379 g/mol. The average Bonchev–Trinajstić information content (AvgIpc) is 2.74. The Morgan fingerprint density at radius 2 is 1.75 bits per heavy atom. The number of carbonyl (C=O) groups is 1. The minimum Gasteiger partial charge on any atom is -0.493 e. The summed E-state index contributed by atoms with van der Waals surface area (Å²) in [5.74, 6) is 0.892. The summed E-state index contributed by atoms with van der Waals surface area (Å²) in [6, 6.07) is 17.9. The number of nitrogens with one attached hydrogen (secondary N) is 1. The Kier molecular flexibility index (Phi) is 6.06. The predicted octanol–water partition coefficient (Wildman–Crippen LogP) is 2.24. The van der Waals surface area contributed by atoms with Crippen molar-refractivity contribution in [1.82, 2.24) is 15.1 Å². The molecule has 1 heterocycles. The van der Waals surface area contributed by atoms with Crippen LogP contribution in [0.1, 0.15) is 5.56 Å². The summed E-state index contributed by atoms with van der Waals surface area (Å²) in [6.07, 6.45) is 0. The molecule has 1 N–H and O–H groups in total. The number of ether oxygens (including phenoxy) is 2. The van der Waals surface area contributed by atoms with Gasteiger partial charge in [-0.05, 0) is 23.8 Å². The van der Waals surface area contributed by atoms with E-state index >= 15 is 0 Å². The van der Waals surface area contributed by atoms with E-state index in [4.69, 9.17) is 9.47 Å². The number of hydrogen-bond donors (Lipinski definition) is 1. The maximum absolute atomic E-state index is 12.3. The number of hydrogen-bond acceptors (Lipinski definition) is 5. The number of benzene rings is 2. The van der Waals surface area contributed by atoms with Crippen LogP contribution >= 0.6 is 0 Å². The molecule has 0 fully saturated rings. The van der Waals surface area contributed by atoms with E-state index in [9.17, 15) is 9.59 Å². The van der Waals surface area contributed by atoms with Crippen molar-refractivity contribution in [3.8, 4) is 22.8 Å². The van der Waals surface area contributed by atoms with Crippen molar-refractivity contribution >= 4 is 5.91 Å². The fraction of sp³-hybridized carbons (Fsp3) is 0.190. The topological polar surface area (TPSA) is 82.5 Å². The smallest absolute Gasteiger partial charge is 0.267 e. The maximum atomic E-state index is 12.3. The first kappa shape index (κ1) is 19.2. The van der Waals surface area contributed by atoms with Crippen LogP contribution in [0.2, 0.25) is 0 Å². The van der Waals surface area contributed by atoms with Crippen LogP contribution in [0.4, 0.5) is 0 Å². The third-order valence-corrected chi connectivity index (χ3v) is 4.17.